The molecule has 1 aromatic heterocycles. The predicted octanol–water partition coefficient (Wildman–Crippen LogP) is 4.11. The second kappa shape index (κ2) is 5.20. The topological polar surface area (TPSA) is 55.1 Å². The highest BCUT2D eigenvalue weighted by atomic mass is 79.9. The molecule has 6 heteroatoms. The van der Waals surface area contributed by atoms with E-state index in [0.717, 1.165) is 7.57 Å². The molecule has 0 saturated carbocycles. The maximum absolute atomic E-state index is 12.0. The van der Waals surface area contributed by atoms with E-state index in [2.05, 4.69) is 37.2 Å². The van der Waals surface area contributed by atoms with E-state index in [0.29, 0.717) is 16.9 Å². The van der Waals surface area contributed by atoms with Crippen LogP contribution in [0.3, 0.4) is 0 Å². The van der Waals surface area contributed by atoms with Crippen molar-refractivity contribution in [1.29, 1.82) is 0 Å². The molecule has 88 valence electrons. The minimum atomic E-state index is -0.163. The third-order valence-corrected chi connectivity index (χ3v) is 4.39. The summed E-state index contributed by atoms with van der Waals surface area (Å²) in [7, 11) is 0. The molecule has 2 rings (SSSR count). The Morgan fingerprint density at radius 2 is 2.06 bits per heavy atom. The Balaban J connectivity index is 2.20. The number of nitrogens with two attached hydrogens (primary N) is 1. The van der Waals surface area contributed by atoms with Crippen molar-refractivity contribution >= 4 is 60.5 Å². The SMILES string of the molecule is Nc1cccc(NC(=O)c2cc(Br)sc2Br)c1. The molecule has 17 heavy (non-hydrogen) atoms. The van der Waals surface area contributed by atoms with Gasteiger partial charge in [0.05, 0.1) is 13.1 Å². The summed E-state index contributed by atoms with van der Waals surface area (Å²) in [5, 5.41) is 2.79. The largest absolute Gasteiger partial charge is 0.399 e. The fourth-order valence-electron chi connectivity index (χ4n) is 1.31. The normalized spacial score (nSPS) is 10.2. The van der Waals surface area contributed by atoms with Gasteiger partial charge < -0.3 is 11.1 Å². The van der Waals surface area contributed by atoms with Crippen molar-refractivity contribution in [3.05, 3.63) is 43.5 Å². The molecular formula is C11H8Br2N2OS. The van der Waals surface area contributed by atoms with Gasteiger partial charge in [-0.3, -0.25) is 4.79 Å². The Kier molecular flexibility index (Phi) is 3.86. The van der Waals surface area contributed by atoms with Gasteiger partial charge in [-0.05, 0) is 56.1 Å². The molecular weight excluding hydrogens is 368 g/mol. The first kappa shape index (κ1) is 12.6. The molecule has 2 aromatic rings. The lowest BCUT2D eigenvalue weighted by Gasteiger charge is -2.04. The summed E-state index contributed by atoms with van der Waals surface area (Å²) in [6.07, 6.45) is 0. The van der Waals surface area contributed by atoms with Crippen LogP contribution in [-0.2, 0) is 0 Å². The van der Waals surface area contributed by atoms with Gasteiger partial charge in [-0.25, -0.2) is 0 Å². The molecule has 1 heterocycles. The van der Waals surface area contributed by atoms with Crippen LogP contribution >= 0.6 is 43.2 Å². The number of nitrogen functional groups attached to an aromatic ring is 1. The summed E-state index contributed by atoms with van der Waals surface area (Å²) in [6.45, 7) is 0. The van der Waals surface area contributed by atoms with Gasteiger partial charge in [0.15, 0.2) is 0 Å². The fraction of sp³-hybridized carbons (Fsp3) is 0. The minimum absolute atomic E-state index is 0.163. The van der Waals surface area contributed by atoms with Crippen LogP contribution in [-0.4, -0.2) is 5.91 Å². The summed E-state index contributed by atoms with van der Waals surface area (Å²) in [6, 6.07) is 8.85. The molecule has 0 fully saturated rings. The first-order valence-electron chi connectivity index (χ1n) is 4.68. The average molecular weight is 376 g/mol. The van der Waals surface area contributed by atoms with Crippen LogP contribution in [0.5, 0.6) is 0 Å². The van der Waals surface area contributed by atoms with E-state index in [1.807, 2.05) is 0 Å². The van der Waals surface area contributed by atoms with Crippen molar-refractivity contribution in [2.24, 2.45) is 0 Å². The van der Waals surface area contributed by atoms with E-state index < -0.39 is 0 Å². The minimum Gasteiger partial charge on any atom is -0.399 e. The quantitative estimate of drug-likeness (QED) is 0.776. The van der Waals surface area contributed by atoms with Crippen molar-refractivity contribution < 1.29 is 4.79 Å². The van der Waals surface area contributed by atoms with Crippen LogP contribution < -0.4 is 11.1 Å². The molecule has 0 aliphatic rings. The third kappa shape index (κ3) is 3.08. The van der Waals surface area contributed by atoms with Gasteiger partial charge in [-0.2, -0.15) is 0 Å². The Morgan fingerprint density at radius 1 is 1.29 bits per heavy atom. The van der Waals surface area contributed by atoms with Gasteiger partial charge in [0.1, 0.15) is 0 Å². The van der Waals surface area contributed by atoms with Crippen molar-refractivity contribution in [3.8, 4) is 0 Å². The second-order valence-corrected chi connectivity index (χ2v) is 7.07. The molecule has 1 aromatic carbocycles. The number of amides is 1. The van der Waals surface area contributed by atoms with Crippen molar-refractivity contribution in [2.75, 3.05) is 11.1 Å². The molecule has 0 spiro atoms. The van der Waals surface area contributed by atoms with E-state index in [-0.39, 0.29) is 5.91 Å². The van der Waals surface area contributed by atoms with Crippen LogP contribution in [0.4, 0.5) is 11.4 Å². The van der Waals surface area contributed by atoms with E-state index in [1.54, 1.807) is 30.3 Å². The number of rotatable bonds is 2. The predicted molar refractivity (Wildman–Crippen MR) is 78.5 cm³/mol. The third-order valence-electron chi connectivity index (χ3n) is 2.05. The van der Waals surface area contributed by atoms with E-state index in [1.165, 1.54) is 11.3 Å². The van der Waals surface area contributed by atoms with Gasteiger partial charge in [0.25, 0.3) is 5.91 Å². The summed E-state index contributed by atoms with van der Waals surface area (Å²) < 4.78 is 1.70. The number of hydrogen-bond donors (Lipinski definition) is 2. The first-order chi connectivity index (χ1) is 8.06. The molecule has 0 unspecified atom stereocenters. The van der Waals surface area contributed by atoms with Crippen LogP contribution in [0.15, 0.2) is 37.9 Å². The Hall–Kier alpha value is -0.850. The van der Waals surface area contributed by atoms with Crippen molar-refractivity contribution in [2.45, 2.75) is 0 Å². The Bertz CT molecular complexity index is 568. The molecule has 0 bridgehead atoms. The lowest BCUT2D eigenvalue weighted by Crippen LogP contribution is -2.11. The lowest BCUT2D eigenvalue weighted by molar-refractivity contribution is 0.102. The number of hydrogen-bond acceptors (Lipinski definition) is 3. The van der Waals surface area contributed by atoms with Crippen molar-refractivity contribution in [1.82, 2.24) is 0 Å². The Labute approximate surface area is 119 Å². The summed E-state index contributed by atoms with van der Waals surface area (Å²) in [5.41, 5.74) is 7.55. The van der Waals surface area contributed by atoms with Crippen LogP contribution in [0.25, 0.3) is 0 Å². The number of carbonyl (C=O) groups excluding carboxylic acids is 1. The van der Waals surface area contributed by atoms with Crippen LogP contribution in [0, 0.1) is 0 Å². The fourth-order valence-corrected chi connectivity index (χ4v) is 4.10. The number of thiophene rings is 1. The standard InChI is InChI=1S/C11H8Br2N2OS/c12-9-5-8(10(13)17-9)11(16)15-7-3-1-2-6(14)4-7/h1-5H,14H2,(H,15,16). The zero-order valence-corrected chi connectivity index (χ0v) is 12.5. The molecule has 1 amide bonds. The van der Waals surface area contributed by atoms with Gasteiger partial charge >= 0.3 is 0 Å². The molecule has 0 aliphatic heterocycles. The van der Waals surface area contributed by atoms with E-state index >= 15 is 0 Å². The highest BCUT2D eigenvalue weighted by molar-refractivity contribution is 9.12. The van der Waals surface area contributed by atoms with Gasteiger partial charge in [-0.15, -0.1) is 11.3 Å². The molecule has 0 saturated heterocycles. The molecule has 0 aliphatic carbocycles. The Morgan fingerprint density at radius 3 is 2.65 bits per heavy atom. The molecule has 0 atom stereocenters. The highest BCUT2D eigenvalue weighted by Gasteiger charge is 2.13. The molecule has 3 nitrogen and oxygen atoms in total. The number of benzene rings is 1. The number of nitrogens with one attached hydrogen (secondary N) is 1. The van der Waals surface area contributed by atoms with Crippen LogP contribution in [0.1, 0.15) is 10.4 Å². The number of anilines is 2. The van der Waals surface area contributed by atoms with E-state index in [4.69, 9.17) is 5.73 Å². The smallest absolute Gasteiger partial charge is 0.257 e. The maximum Gasteiger partial charge on any atom is 0.257 e. The molecule has 0 radical (unpaired) electrons. The monoisotopic (exact) mass is 374 g/mol. The van der Waals surface area contributed by atoms with Crippen LogP contribution in [0.2, 0.25) is 0 Å². The summed E-state index contributed by atoms with van der Waals surface area (Å²) in [5.74, 6) is -0.163. The zero-order valence-electron chi connectivity index (χ0n) is 8.54. The molecule has 3 N–H and O–H groups in total. The summed E-state index contributed by atoms with van der Waals surface area (Å²) >= 11 is 8.14. The number of carbonyl (C=O) groups is 1. The second-order valence-electron chi connectivity index (χ2n) is 3.32. The van der Waals surface area contributed by atoms with Crippen molar-refractivity contribution in [3.63, 3.8) is 0 Å². The zero-order chi connectivity index (χ0) is 12.4. The van der Waals surface area contributed by atoms with Gasteiger partial charge in [0.2, 0.25) is 0 Å². The first-order valence-corrected chi connectivity index (χ1v) is 7.08. The van der Waals surface area contributed by atoms with Gasteiger partial charge in [0, 0.05) is 11.4 Å². The lowest BCUT2D eigenvalue weighted by atomic mass is 10.2. The maximum atomic E-state index is 12.0. The van der Waals surface area contributed by atoms with E-state index in [9.17, 15) is 4.79 Å². The summed E-state index contributed by atoms with van der Waals surface area (Å²) in [4.78, 5) is 12.0. The number of halogens is 2. The highest BCUT2D eigenvalue weighted by Crippen LogP contribution is 2.32. The van der Waals surface area contributed by atoms with Gasteiger partial charge in [-0.1, -0.05) is 6.07 Å². The average Bonchev–Trinajstić information content (AvgIpc) is 2.58.